The zero-order chi connectivity index (χ0) is 21.5. The maximum absolute atomic E-state index is 5.95. The molecule has 3 aliphatic carbocycles. The molecule has 4 rings (SSSR count). The van der Waals surface area contributed by atoms with Crippen LogP contribution in [0.15, 0.2) is 12.2 Å². The second kappa shape index (κ2) is 11.3. The molecule has 0 spiro atoms. The van der Waals surface area contributed by atoms with Crippen LogP contribution in [0.1, 0.15) is 91.9 Å². The van der Waals surface area contributed by atoms with Gasteiger partial charge in [0.15, 0.2) is 0 Å². The van der Waals surface area contributed by atoms with Gasteiger partial charge in [0.1, 0.15) is 0 Å². The third-order valence-electron chi connectivity index (χ3n) is 9.06. The van der Waals surface area contributed by atoms with Gasteiger partial charge in [0, 0.05) is 25.1 Å². The highest BCUT2D eigenvalue weighted by Gasteiger charge is 2.51. The lowest BCUT2D eigenvalue weighted by Gasteiger charge is -2.52. The van der Waals surface area contributed by atoms with Crippen molar-refractivity contribution in [2.24, 2.45) is 34.3 Å². The van der Waals surface area contributed by atoms with Crippen LogP contribution >= 0.6 is 0 Å². The molecule has 170 valence electrons. The van der Waals surface area contributed by atoms with E-state index < -0.39 is 0 Å². The summed E-state index contributed by atoms with van der Waals surface area (Å²) >= 11 is 0. The average Bonchev–Trinajstić information content (AvgIpc) is 3.38. The summed E-state index contributed by atoms with van der Waals surface area (Å²) in [5.41, 5.74) is 6.97. The Hall–Kier alpha value is -0.380. The Morgan fingerprint density at radius 3 is 2.41 bits per heavy atom. The maximum Gasteiger partial charge on any atom is 0.0511 e. The Morgan fingerprint density at radius 2 is 1.72 bits per heavy atom. The van der Waals surface area contributed by atoms with E-state index in [0.717, 1.165) is 31.1 Å². The molecule has 3 N–H and O–H groups in total. The monoisotopic (exact) mass is 406 g/mol. The fourth-order valence-electron chi connectivity index (χ4n) is 6.72. The molecule has 0 amide bonds. The van der Waals surface area contributed by atoms with Gasteiger partial charge in [0.05, 0.1) is 6.61 Å². The van der Waals surface area contributed by atoms with Gasteiger partial charge < -0.3 is 15.8 Å². The molecule has 4 aliphatic rings. The molecule has 0 aromatic heterocycles. The summed E-state index contributed by atoms with van der Waals surface area (Å²) in [4.78, 5) is 0. The molecule has 1 aliphatic heterocycles. The van der Waals surface area contributed by atoms with E-state index >= 15 is 0 Å². The van der Waals surface area contributed by atoms with Gasteiger partial charge in [-0.3, -0.25) is 0 Å². The van der Waals surface area contributed by atoms with E-state index in [-0.39, 0.29) is 0 Å². The first-order valence-corrected chi connectivity index (χ1v) is 12.6. The molecule has 4 fully saturated rings. The highest BCUT2D eigenvalue weighted by Crippen LogP contribution is 2.60. The minimum atomic E-state index is 0.454. The quantitative estimate of drug-likeness (QED) is 0.568. The van der Waals surface area contributed by atoms with Crippen molar-refractivity contribution in [3.8, 4) is 0 Å². The lowest BCUT2D eigenvalue weighted by molar-refractivity contribution is -0.0835. The van der Waals surface area contributed by atoms with Gasteiger partial charge in [-0.05, 0) is 81.1 Å². The van der Waals surface area contributed by atoms with E-state index in [2.05, 4.69) is 31.5 Å². The Kier molecular flexibility index (Phi) is 9.70. The number of hydrogen-bond donors (Lipinski definition) is 2. The minimum Gasteiger partial charge on any atom is -0.381 e. The molecule has 0 radical (unpaired) electrons. The molecule has 2 unspecified atom stereocenters. The summed E-state index contributed by atoms with van der Waals surface area (Å²) in [5.74, 6) is 2.47. The van der Waals surface area contributed by atoms with Gasteiger partial charge in [-0.15, -0.1) is 0 Å². The summed E-state index contributed by atoms with van der Waals surface area (Å²) in [6.07, 6.45) is 13.8. The van der Waals surface area contributed by atoms with E-state index in [9.17, 15) is 0 Å². The van der Waals surface area contributed by atoms with Crippen LogP contribution in [0, 0.1) is 28.6 Å². The summed E-state index contributed by atoms with van der Waals surface area (Å²) in [5, 5.41) is 3.91. The van der Waals surface area contributed by atoms with Crippen molar-refractivity contribution in [3.05, 3.63) is 12.2 Å². The number of nitrogens with one attached hydrogen (secondary N) is 1. The van der Waals surface area contributed by atoms with Crippen molar-refractivity contribution in [3.63, 3.8) is 0 Å². The third-order valence-corrected chi connectivity index (χ3v) is 9.06. The molecule has 5 atom stereocenters. The van der Waals surface area contributed by atoms with Crippen LogP contribution in [0.5, 0.6) is 0 Å². The van der Waals surface area contributed by atoms with Crippen LogP contribution in [0.4, 0.5) is 0 Å². The van der Waals surface area contributed by atoms with Crippen LogP contribution in [-0.2, 0) is 4.74 Å². The second-order valence-corrected chi connectivity index (χ2v) is 10.1. The Bertz CT molecular complexity index is 501. The van der Waals surface area contributed by atoms with Crippen molar-refractivity contribution < 1.29 is 4.74 Å². The molecule has 3 heteroatoms. The number of hydrogen-bond acceptors (Lipinski definition) is 3. The predicted molar refractivity (Wildman–Crippen MR) is 126 cm³/mol. The molecular weight excluding hydrogens is 356 g/mol. The van der Waals surface area contributed by atoms with E-state index in [1.807, 2.05) is 13.8 Å². The summed E-state index contributed by atoms with van der Waals surface area (Å²) in [7, 11) is 1.50. The minimum absolute atomic E-state index is 0.454. The molecule has 3 saturated carbocycles. The van der Waals surface area contributed by atoms with Gasteiger partial charge in [-0.1, -0.05) is 52.7 Å². The predicted octanol–water partition coefficient (Wildman–Crippen LogP) is 5.94. The van der Waals surface area contributed by atoms with Crippen molar-refractivity contribution in [2.75, 3.05) is 26.8 Å². The molecule has 0 aromatic carbocycles. The topological polar surface area (TPSA) is 47.3 Å². The van der Waals surface area contributed by atoms with Crippen LogP contribution in [-0.4, -0.2) is 32.8 Å². The lowest BCUT2D eigenvalue weighted by Crippen LogP contribution is -2.50. The van der Waals surface area contributed by atoms with Gasteiger partial charge in [0.2, 0.25) is 0 Å². The van der Waals surface area contributed by atoms with Gasteiger partial charge in [-0.25, -0.2) is 0 Å². The highest BCUT2D eigenvalue weighted by molar-refractivity contribution is 5.19. The third kappa shape index (κ3) is 5.28. The van der Waals surface area contributed by atoms with Crippen LogP contribution < -0.4 is 11.1 Å². The smallest absolute Gasteiger partial charge is 0.0511 e. The molecule has 1 saturated heterocycles. The molecule has 3 nitrogen and oxygen atoms in total. The average molecular weight is 407 g/mol. The van der Waals surface area contributed by atoms with Gasteiger partial charge in [0.25, 0.3) is 0 Å². The first-order chi connectivity index (χ1) is 14.0. The highest BCUT2D eigenvalue weighted by atomic mass is 16.5. The molecular formula is C26H50N2O. The molecule has 0 bridgehead atoms. The number of allylic oxidation sites excluding steroid dienone is 1. The van der Waals surface area contributed by atoms with Crippen LogP contribution in [0.25, 0.3) is 0 Å². The van der Waals surface area contributed by atoms with E-state index in [1.165, 1.54) is 77.8 Å². The zero-order valence-electron chi connectivity index (χ0n) is 20.2. The van der Waals surface area contributed by atoms with Crippen molar-refractivity contribution >= 4 is 0 Å². The number of ether oxygens (including phenoxy) is 1. The summed E-state index contributed by atoms with van der Waals surface area (Å²) < 4.78 is 5.95. The summed E-state index contributed by atoms with van der Waals surface area (Å²) in [6.45, 7) is 16.7. The standard InChI is InChI=1S/C23H39NO.C2H6.CH5N/c1-17-8-9-18-14-19(10-11-22(17,18)2)23(3)12-13-25-16-20(23)15-24-21-6-4-5-7-21;2*1-2/h18-21,24H,1,4-16H2,2-3H3;1-2H3;2H2,1H3/t18?,19?,20-,22+,23+;;/m0../s1. The molecule has 1 heterocycles. The second-order valence-electron chi connectivity index (χ2n) is 10.1. The van der Waals surface area contributed by atoms with E-state index in [4.69, 9.17) is 4.74 Å². The first-order valence-electron chi connectivity index (χ1n) is 12.6. The fourth-order valence-corrected chi connectivity index (χ4v) is 6.72. The SMILES string of the molecule is C=C1CCC2CC([C@@]3(C)CCOC[C@@H]3CNC3CCCC3)CC[C@]12C.CC.CN. The number of fused-ring (bicyclic) bond motifs is 1. The Labute approximate surface area is 181 Å². The van der Waals surface area contributed by atoms with Crippen molar-refractivity contribution in [2.45, 2.75) is 97.9 Å². The van der Waals surface area contributed by atoms with E-state index in [1.54, 1.807) is 5.57 Å². The maximum atomic E-state index is 5.95. The van der Waals surface area contributed by atoms with Gasteiger partial charge >= 0.3 is 0 Å². The fraction of sp³-hybridized carbons (Fsp3) is 0.923. The first kappa shape index (κ1) is 24.9. The van der Waals surface area contributed by atoms with Gasteiger partial charge in [-0.2, -0.15) is 0 Å². The molecule has 29 heavy (non-hydrogen) atoms. The largest absolute Gasteiger partial charge is 0.381 e. The Balaban J connectivity index is 0.000000707. The Morgan fingerprint density at radius 1 is 1.03 bits per heavy atom. The van der Waals surface area contributed by atoms with Crippen LogP contribution in [0.3, 0.4) is 0 Å². The van der Waals surface area contributed by atoms with E-state index in [0.29, 0.717) is 16.7 Å². The normalized spacial score (nSPS) is 39.8. The van der Waals surface area contributed by atoms with Crippen LogP contribution in [0.2, 0.25) is 0 Å². The van der Waals surface area contributed by atoms with Crippen molar-refractivity contribution in [1.82, 2.24) is 5.32 Å². The summed E-state index contributed by atoms with van der Waals surface area (Å²) in [6, 6.07) is 0.777. The zero-order valence-corrected chi connectivity index (χ0v) is 20.2. The number of nitrogens with two attached hydrogens (primary N) is 1. The van der Waals surface area contributed by atoms with Crippen molar-refractivity contribution in [1.29, 1.82) is 0 Å². The lowest BCUT2D eigenvalue weighted by atomic mass is 9.55. The molecule has 0 aromatic rings. The number of rotatable bonds is 4.